The zero-order valence-corrected chi connectivity index (χ0v) is 15.8. The molecule has 0 radical (unpaired) electrons. The fraction of sp³-hybridized carbons (Fsp3) is 0.714. The minimum Gasteiger partial charge on any atom is -0.494 e. The fourth-order valence-electron chi connectivity index (χ4n) is 3.65. The third-order valence-electron chi connectivity index (χ3n) is 4.80. The lowest BCUT2D eigenvalue weighted by Crippen LogP contribution is -2.39. The molecule has 2 nitrogen and oxygen atoms in total. The summed E-state index contributed by atoms with van der Waals surface area (Å²) in [4.78, 5) is 2.64. The second-order valence-corrected chi connectivity index (χ2v) is 8.54. The first-order chi connectivity index (χ1) is 10.8. The van der Waals surface area contributed by atoms with E-state index >= 15 is 0 Å². The molecule has 1 aliphatic heterocycles. The van der Waals surface area contributed by atoms with Crippen molar-refractivity contribution in [2.75, 3.05) is 26.2 Å². The van der Waals surface area contributed by atoms with E-state index in [0.29, 0.717) is 0 Å². The maximum absolute atomic E-state index is 5.89. The van der Waals surface area contributed by atoms with Crippen LogP contribution in [0.4, 0.5) is 0 Å². The van der Waals surface area contributed by atoms with Gasteiger partial charge in [-0.05, 0) is 60.8 Å². The van der Waals surface area contributed by atoms with Crippen molar-refractivity contribution in [2.24, 2.45) is 11.8 Å². The van der Waals surface area contributed by atoms with Crippen molar-refractivity contribution >= 4 is 0 Å². The first-order valence-corrected chi connectivity index (χ1v) is 9.30. The Balaban J connectivity index is 1.64. The molecule has 2 rings (SSSR count). The van der Waals surface area contributed by atoms with Crippen LogP contribution in [0.3, 0.4) is 0 Å². The van der Waals surface area contributed by atoms with Crippen LogP contribution >= 0.6 is 0 Å². The second-order valence-electron chi connectivity index (χ2n) is 8.54. The molecule has 1 saturated heterocycles. The van der Waals surface area contributed by atoms with Gasteiger partial charge in [0.2, 0.25) is 0 Å². The highest BCUT2D eigenvalue weighted by Crippen LogP contribution is 2.24. The van der Waals surface area contributed by atoms with Crippen LogP contribution in [0, 0.1) is 11.8 Å². The van der Waals surface area contributed by atoms with Gasteiger partial charge in [-0.2, -0.15) is 0 Å². The largest absolute Gasteiger partial charge is 0.494 e. The molecule has 130 valence electrons. The Kier molecular flexibility index (Phi) is 6.52. The zero-order valence-electron chi connectivity index (χ0n) is 15.8. The monoisotopic (exact) mass is 317 g/mol. The number of rotatable bonds is 6. The molecule has 0 unspecified atom stereocenters. The maximum atomic E-state index is 5.89. The summed E-state index contributed by atoms with van der Waals surface area (Å²) in [7, 11) is 0. The molecule has 0 saturated carbocycles. The van der Waals surface area contributed by atoms with Gasteiger partial charge in [-0.1, -0.05) is 46.8 Å². The molecule has 0 aliphatic carbocycles. The molecule has 0 aromatic heterocycles. The number of hydrogen-bond acceptors (Lipinski definition) is 2. The van der Waals surface area contributed by atoms with Crippen molar-refractivity contribution in [1.29, 1.82) is 0 Å². The van der Waals surface area contributed by atoms with Gasteiger partial charge in [0.1, 0.15) is 5.75 Å². The number of likely N-dealkylation sites (tertiary alicyclic amines) is 1. The van der Waals surface area contributed by atoms with E-state index in [1.165, 1.54) is 38.0 Å². The normalized spacial score (nSPS) is 23.0. The Labute approximate surface area is 143 Å². The van der Waals surface area contributed by atoms with Crippen LogP contribution < -0.4 is 4.74 Å². The van der Waals surface area contributed by atoms with E-state index in [9.17, 15) is 0 Å². The lowest BCUT2D eigenvalue weighted by atomic mass is 9.87. The van der Waals surface area contributed by atoms with Crippen LogP contribution in [-0.2, 0) is 5.41 Å². The quantitative estimate of drug-likeness (QED) is 0.675. The van der Waals surface area contributed by atoms with Crippen LogP contribution in [0.15, 0.2) is 24.3 Å². The van der Waals surface area contributed by atoms with Gasteiger partial charge in [0, 0.05) is 13.1 Å². The summed E-state index contributed by atoms with van der Waals surface area (Å²) in [5.41, 5.74) is 1.57. The van der Waals surface area contributed by atoms with Gasteiger partial charge in [0.05, 0.1) is 6.61 Å². The average Bonchev–Trinajstić information content (AvgIpc) is 2.45. The third kappa shape index (κ3) is 6.18. The van der Waals surface area contributed by atoms with Crippen LogP contribution in [0.1, 0.15) is 59.4 Å². The molecule has 0 bridgehead atoms. The Morgan fingerprint density at radius 3 is 2.17 bits per heavy atom. The number of hydrogen-bond donors (Lipinski definition) is 0. The summed E-state index contributed by atoms with van der Waals surface area (Å²) < 4.78 is 5.89. The van der Waals surface area contributed by atoms with Crippen molar-refractivity contribution in [3.05, 3.63) is 29.8 Å². The molecule has 0 spiro atoms. The van der Waals surface area contributed by atoms with Crippen LogP contribution in [-0.4, -0.2) is 31.1 Å². The highest BCUT2D eigenvalue weighted by Gasteiger charge is 2.20. The van der Waals surface area contributed by atoms with Gasteiger partial charge in [-0.15, -0.1) is 0 Å². The first-order valence-electron chi connectivity index (χ1n) is 9.30. The van der Waals surface area contributed by atoms with Gasteiger partial charge in [-0.25, -0.2) is 0 Å². The number of unbranched alkanes of at least 4 members (excludes halogenated alkanes) is 1. The van der Waals surface area contributed by atoms with Gasteiger partial charge >= 0.3 is 0 Å². The van der Waals surface area contributed by atoms with Crippen LogP contribution in [0.5, 0.6) is 5.75 Å². The lowest BCUT2D eigenvalue weighted by Gasteiger charge is -2.34. The SMILES string of the molecule is C[C@@H]1C[C@H](C)CN(CCCCOc2ccc(C(C)(C)C)cc2)C1. The molecule has 0 amide bonds. The molecule has 2 atom stereocenters. The molecule has 23 heavy (non-hydrogen) atoms. The predicted molar refractivity (Wildman–Crippen MR) is 99.3 cm³/mol. The molecular formula is C21H35NO. The van der Waals surface area contributed by atoms with Crippen LogP contribution in [0.25, 0.3) is 0 Å². The minimum atomic E-state index is 0.210. The molecule has 1 fully saturated rings. The Bertz CT molecular complexity index is 450. The molecule has 1 aromatic rings. The van der Waals surface area contributed by atoms with Gasteiger partial charge in [-0.3, -0.25) is 0 Å². The van der Waals surface area contributed by atoms with Crippen molar-refractivity contribution in [3.8, 4) is 5.75 Å². The molecule has 2 heteroatoms. The summed E-state index contributed by atoms with van der Waals surface area (Å²) in [6.07, 6.45) is 3.77. The highest BCUT2D eigenvalue weighted by molar-refractivity contribution is 5.31. The van der Waals surface area contributed by atoms with E-state index in [0.717, 1.165) is 30.6 Å². The number of nitrogens with zero attached hydrogens (tertiary/aromatic N) is 1. The van der Waals surface area contributed by atoms with E-state index in [1.807, 2.05) is 0 Å². The van der Waals surface area contributed by atoms with E-state index in [1.54, 1.807) is 0 Å². The summed E-state index contributed by atoms with van der Waals surface area (Å²) >= 11 is 0. The summed E-state index contributed by atoms with van der Waals surface area (Å²) in [6.45, 7) is 16.1. The van der Waals surface area contributed by atoms with Crippen molar-refractivity contribution in [2.45, 2.75) is 59.3 Å². The first kappa shape index (κ1) is 18.3. The maximum Gasteiger partial charge on any atom is 0.119 e. The summed E-state index contributed by atoms with van der Waals surface area (Å²) in [5, 5.41) is 0. The number of benzene rings is 1. The number of ether oxygens (including phenoxy) is 1. The van der Waals surface area contributed by atoms with Crippen LogP contribution in [0.2, 0.25) is 0 Å². The second kappa shape index (κ2) is 8.19. The molecule has 1 aromatic carbocycles. The van der Waals surface area contributed by atoms with E-state index in [-0.39, 0.29) is 5.41 Å². The Hall–Kier alpha value is -1.02. The summed E-state index contributed by atoms with van der Waals surface area (Å²) in [6, 6.07) is 8.58. The molecule has 1 heterocycles. The Morgan fingerprint density at radius 1 is 1.00 bits per heavy atom. The van der Waals surface area contributed by atoms with Gasteiger partial charge in [0.15, 0.2) is 0 Å². The highest BCUT2D eigenvalue weighted by atomic mass is 16.5. The predicted octanol–water partition coefficient (Wildman–Crippen LogP) is 5.12. The fourth-order valence-corrected chi connectivity index (χ4v) is 3.65. The minimum absolute atomic E-state index is 0.210. The smallest absolute Gasteiger partial charge is 0.119 e. The average molecular weight is 318 g/mol. The van der Waals surface area contributed by atoms with Gasteiger partial charge in [0.25, 0.3) is 0 Å². The molecule has 1 aliphatic rings. The summed E-state index contributed by atoms with van der Waals surface area (Å²) in [5.74, 6) is 2.71. The molecular weight excluding hydrogens is 282 g/mol. The number of piperidine rings is 1. The molecule has 0 N–H and O–H groups in total. The van der Waals surface area contributed by atoms with Crippen molar-refractivity contribution in [3.63, 3.8) is 0 Å². The topological polar surface area (TPSA) is 12.5 Å². The van der Waals surface area contributed by atoms with Crippen molar-refractivity contribution in [1.82, 2.24) is 4.90 Å². The lowest BCUT2D eigenvalue weighted by molar-refractivity contribution is 0.136. The Morgan fingerprint density at radius 2 is 1.61 bits per heavy atom. The van der Waals surface area contributed by atoms with Gasteiger partial charge < -0.3 is 9.64 Å². The van der Waals surface area contributed by atoms with E-state index < -0.39 is 0 Å². The third-order valence-corrected chi connectivity index (χ3v) is 4.80. The van der Waals surface area contributed by atoms with Crippen molar-refractivity contribution < 1.29 is 4.74 Å². The zero-order chi connectivity index (χ0) is 16.9. The van der Waals surface area contributed by atoms with E-state index in [2.05, 4.69) is 63.8 Å². The van der Waals surface area contributed by atoms with E-state index in [4.69, 9.17) is 4.74 Å². The standard InChI is InChI=1S/C21H35NO/c1-17-14-18(2)16-22(15-17)12-6-7-13-23-20-10-8-19(9-11-20)21(3,4)5/h8-11,17-18H,6-7,12-16H2,1-5H3/t17-,18+.